The Hall–Kier alpha value is -3.38. The number of aromatic nitrogens is 2. The summed E-state index contributed by atoms with van der Waals surface area (Å²) in [6.45, 7) is 2.01. The van der Waals surface area contributed by atoms with E-state index in [1.807, 2.05) is 79.7 Å². The summed E-state index contributed by atoms with van der Waals surface area (Å²) < 4.78 is 13.4. The van der Waals surface area contributed by atoms with Crippen LogP contribution >= 0.6 is 15.9 Å². The van der Waals surface area contributed by atoms with Gasteiger partial charge in [0.2, 0.25) is 0 Å². The van der Waals surface area contributed by atoms with Gasteiger partial charge in [-0.25, -0.2) is 9.48 Å². The fourth-order valence-corrected chi connectivity index (χ4v) is 3.25. The largest absolute Gasteiger partial charge is 0.464 e. The van der Waals surface area contributed by atoms with Crippen molar-refractivity contribution in [2.24, 2.45) is 0 Å². The third kappa shape index (κ3) is 4.28. The summed E-state index contributed by atoms with van der Waals surface area (Å²) in [6, 6.07) is 24.8. The van der Waals surface area contributed by atoms with E-state index in [4.69, 9.17) is 9.47 Å². The van der Waals surface area contributed by atoms with Crippen molar-refractivity contribution in [1.29, 1.82) is 0 Å². The highest BCUT2D eigenvalue weighted by Gasteiger charge is 2.18. The molecule has 0 radical (unpaired) electrons. The van der Waals surface area contributed by atoms with Crippen molar-refractivity contribution in [3.05, 3.63) is 94.6 Å². The number of benzene rings is 3. The Bertz CT molecular complexity index is 1160. The second-order valence-electron chi connectivity index (χ2n) is 6.73. The summed E-state index contributed by atoms with van der Waals surface area (Å²) in [5.41, 5.74) is 3.83. The van der Waals surface area contributed by atoms with Gasteiger partial charge in [0.05, 0.1) is 18.5 Å². The van der Waals surface area contributed by atoms with Crippen molar-refractivity contribution in [2.75, 3.05) is 7.11 Å². The minimum absolute atomic E-state index is 0.367. The van der Waals surface area contributed by atoms with E-state index in [0.29, 0.717) is 17.1 Å². The topological polar surface area (TPSA) is 53.4 Å². The molecule has 6 heteroatoms. The van der Waals surface area contributed by atoms with Gasteiger partial charge >= 0.3 is 5.97 Å². The van der Waals surface area contributed by atoms with Gasteiger partial charge in [-0.3, -0.25) is 0 Å². The van der Waals surface area contributed by atoms with Crippen molar-refractivity contribution >= 4 is 21.9 Å². The molecule has 4 aromatic rings. The lowest BCUT2D eigenvalue weighted by Gasteiger charge is -2.07. The summed E-state index contributed by atoms with van der Waals surface area (Å²) >= 11 is 3.41. The minimum atomic E-state index is -0.440. The molecule has 0 aliphatic rings. The van der Waals surface area contributed by atoms with Gasteiger partial charge in [-0.2, -0.15) is 5.10 Å². The average Bonchev–Trinajstić information content (AvgIpc) is 3.21. The summed E-state index contributed by atoms with van der Waals surface area (Å²) in [6.07, 6.45) is 0. The van der Waals surface area contributed by atoms with Crippen molar-refractivity contribution in [3.63, 3.8) is 0 Å². The predicted molar refractivity (Wildman–Crippen MR) is 119 cm³/mol. The van der Waals surface area contributed by atoms with E-state index in [1.165, 1.54) is 7.11 Å². The number of halogens is 1. The van der Waals surface area contributed by atoms with E-state index >= 15 is 0 Å². The lowest BCUT2D eigenvalue weighted by molar-refractivity contribution is 0.0590. The molecule has 0 unspecified atom stereocenters. The Morgan fingerprint density at radius 1 is 0.900 bits per heavy atom. The Balaban J connectivity index is 1.64. The van der Waals surface area contributed by atoms with Crippen LogP contribution in [0.3, 0.4) is 0 Å². The van der Waals surface area contributed by atoms with Crippen LogP contribution in [0.25, 0.3) is 16.9 Å². The van der Waals surface area contributed by atoms with Crippen LogP contribution in [-0.4, -0.2) is 22.9 Å². The number of rotatable bonds is 5. The highest BCUT2D eigenvalue weighted by atomic mass is 79.9. The van der Waals surface area contributed by atoms with Crippen molar-refractivity contribution in [3.8, 4) is 28.4 Å². The summed E-state index contributed by atoms with van der Waals surface area (Å²) in [5.74, 6) is 1.03. The second-order valence-corrected chi connectivity index (χ2v) is 7.65. The number of hydrogen-bond donors (Lipinski definition) is 0. The number of hydrogen-bond acceptors (Lipinski definition) is 4. The monoisotopic (exact) mass is 462 g/mol. The van der Waals surface area contributed by atoms with E-state index in [-0.39, 0.29) is 0 Å². The van der Waals surface area contributed by atoms with Crippen molar-refractivity contribution in [1.82, 2.24) is 9.78 Å². The Labute approximate surface area is 183 Å². The lowest BCUT2D eigenvalue weighted by atomic mass is 10.1. The van der Waals surface area contributed by atoms with E-state index in [0.717, 1.165) is 27.0 Å². The SMILES string of the molecule is COC(=O)c1cc(-c2ccc(Oc3ccc(Br)cc3)cc2)nn1-c1ccc(C)cc1. The first-order valence-electron chi connectivity index (χ1n) is 9.33. The molecular weight excluding hydrogens is 444 g/mol. The quantitative estimate of drug-likeness (QED) is 0.331. The van der Waals surface area contributed by atoms with E-state index in [2.05, 4.69) is 21.0 Å². The minimum Gasteiger partial charge on any atom is -0.464 e. The highest BCUT2D eigenvalue weighted by Crippen LogP contribution is 2.27. The van der Waals surface area contributed by atoms with Crippen LogP contribution in [0.2, 0.25) is 0 Å². The van der Waals surface area contributed by atoms with E-state index in [1.54, 1.807) is 10.7 Å². The number of nitrogens with zero attached hydrogens (tertiary/aromatic N) is 2. The average molecular weight is 463 g/mol. The molecule has 4 rings (SSSR count). The highest BCUT2D eigenvalue weighted by molar-refractivity contribution is 9.10. The molecule has 0 saturated heterocycles. The number of esters is 1. The first kappa shape index (κ1) is 19.9. The maximum Gasteiger partial charge on any atom is 0.356 e. The molecule has 0 spiro atoms. The number of methoxy groups -OCH3 is 1. The van der Waals surface area contributed by atoms with Gasteiger partial charge in [0.15, 0.2) is 5.69 Å². The molecule has 150 valence electrons. The van der Waals surface area contributed by atoms with Gasteiger partial charge in [-0.05, 0) is 73.7 Å². The molecule has 0 atom stereocenters. The maximum absolute atomic E-state index is 12.3. The molecule has 1 heterocycles. The smallest absolute Gasteiger partial charge is 0.356 e. The number of carbonyl (C=O) groups is 1. The Morgan fingerprint density at radius 2 is 1.50 bits per heavy atom. The first-order chi connectivity index (χ1) is 14.5. The van der Waals surface area contributed by atoms with Crippen molar-refractivity contribution < 1.29 is 14.3 Å². The van der Waals surface area contributed by atoms with Crippen LogP contribution in [0.1, 0.15) is 16.1 Å². The fourth-order valence-electron chi connectivity index (χ4n) is 2.99. The molecule has 0 bridgehead atoms. The van der Waals surface area contributed by atoms with Crippen LogP contribution in [0.4, 0.5) is 0 Å². The standard InChI is InChI=1S/C24H19BrN2O3/c1-16-3-9-19(10-4-16)27-23(24(28)29-2)15-22(26-27)17-5-11-20(12-6-17)30-21-13-7-18(25)8-14-21/h3-15H,1-2H3. The first-order valence-corrected chi connectivity index (χ1v) is 10.1. The van der Waals surface area contributed by atoms with Gasteiger partial charge in [0.25, 0.3) is 0 Å². The van der Waals surface area contributed by atoms with Crippen LogP contribution < -0.4 is 4.74 Å². The van der Waals surface area contributed by atoms with Crippen molar-refractivity contribution in [2.45, 2.75) is 6.92 Å². The van der Waals surface area contributed by atoms with Crippen LogP contribution in [0, 0.1) is 6.92 Å². The van der Waals surface area contributed by atoms with E-state index in [9.17, 15) is 4.79 Å². The normalized spacial score (nSPS) is 10.6. The molecule has 5 nitrogen and oxygen atoms in total. The third-order valence-electron chi connectivity index (χ3n) is 4.58. The molecule has 0 fully saturated rings. The number of aryl methyl sites for hydroxylation is 1. The molecule has 0 aliphatic carbocycles. The van der Waals surface area contributed by atoms with Crippen LogP contribution in [0.15, 0.2) is 83.3 Å². The third-order valence-corrected chi connectivity index (χ3v) is 5.11. The van der Waals surface area contributed by atoms with Crippen LogP contribution in [0.5, 0.6) is 11.5 Å². The Morgan fingerprint density at radius 3 is 2.10 bits per heavy atom. The number of ether oxygens (including phenoxy) is 2. The molecule has 0 amide bonds. The molecule has 1 aromatic heterocycles. The molecule has 0 aliphatic heterocycles. The maximum atomic E-state index is 12.3. The van der Waals surface area contributed by atoms with E-state index < -0.39 is 5.97 Å². The van der Waals surface area contributed by atoms with Gasteiger partial charge in [0.1, 0.15) is 11.5 Å². The van der Waals surface area contributed by atoms with Gasteiger partial charge in [-0.15, -0.1) is 0 Å². The predicted octanol–water partition coefficient (Wildman–Crippen LogP) is 6.19. The zero-order valence-electron chi connectivity index (χ0n) is 16.5. The molecular formula is C24H19BrN2O3. The lowest BCUT2D eigenvalue weighted by Crippen LogP contribution is -2.10. The summed E-state index contributed by atoms with van der Waals surface area (Å²) in [7, 11) is 1.36. The van der Waals surface area contributed by atoms with Gasteiger partial charge in [-0.1, -0.05) is 33.6 Å². The Kier molecular flexibility index (Phi) is 5.68. The fraction of sp³-hybridized carbons (Fsp3) is 0.0833. The zero-order chi connectivity index (χ0) is 21.1. The number of carbonyl (C=O) groups excluding carboxylic acids is 1. The summed E-state index contributed by atoms with van der Waals surface area (Å²) in [4.78, 5) is 12.3. The van der Waals surface area contributed by atoms with Gasteiger partial charge < -0.3 is 9.47 Å². The van der Waals surface area contributed by atoms with Gasteiger partial charge in [0, 0.05) is 10.0 Å². The second kappa shape index (κ2) is 8.55. The molecule has 3 aromatic carbocycles. The molecule has 0 saturated carbocycles. The van der Waals surface area contributed by atoms with Crippen LogP contribution in [-0.2, 0) is 4.74 Å². The molecule has 30 heavy (non-hydrogen) atoms. The summed E-state index contributed by atoms with van der Waals surface area (Å²) in [5, 5.41) is 4.64. The zero-order valence-corrected chi connectivity index (χ0v) is 18.1. The molecule has 0 N–H and O–H groups in total.